The maximum Gasteiger partial charge on any atom is 0.295 e. The minimum Gasteiger partial charge on any atom is -0.507 e. The fourth-order valence-corrected chi connectivity index (χ4v) is 4.75. The Bertz CT molecular complexity index is 1200. The van der Waals surface area contributed by atoms with Gasteiger partial charge in [0.2, 0.25) is 0 Å². The van der Waals surface area contributed by atoms with Crippen LogP contribution in [-0.2, 0) is 20.7 Å². The molecule has 1 N–H and O–H groups in total. The molecule has 2 atom stereocenters. The number of carbonyl (C=O) groups excluding carboxylic acids is 2. The van der Waals surface area contributed by atoms with Crippen LogP contribution in [0.1, 0.15) is 49.9 Å². The highest BCUT2D eigenvalue weighted by atomic mass is 16.5. The number of aliphatic hydroxyl groups excluding tert-OH is 1. The van der Waals surface area contributed by atoms with E-state index in [0.29, 0.717) is 41.6 Å². The van der Waals surface area contributed by atoms with E-state index in [4.69, 9.17) is 18.9 Å². The third-order valence-corrected chi connectivity index (χ3v) is 6.70. The Hall–Kier alpha value is -3.52. The van der Waals surface area contributed by atoms with Gasteiger partial charge in [-0.3, -0.25) is 9.59 Å². The highest BCUT2D eigenvalue weighted by molar-refractivity contribution is 6.46. The van der Waals surface area contributed by atoms with Crippen molar-refractivity contribution in [2.24, 2.45) is 5.92 Å². The average Bonchev–Trinajstić information content (AvgIpc) is 3.37. The van der Waals surface area contributed by atoms with Gasteiger partial charge in [-0.25, -0.2) is 0 Å². The number of nitrogens with zero attached hydrogens (tertiary/aromatic N) is 1. The number of likely N-dealkylation sites (tertiary alicyclic amines) is 1. The molecule has 4 rings (SSSR count). The second kappa shape index (κ2) is 11.3. The number of amides is 1. The fraction of sp³-hybridized carbons (Fsp3) is 0.448. The second-order valence-corrected chi connectivity index (χ2v) is 9.88. The Balaban J connectivity index is 1.76. The maximum absolute atomic E-state index is 13.3. The zero-order valence-electron chi connectivity index (χ0n) is 22.1. The number of aliphatic hydroxyl groups is 1. The lowest BCUT2D eigenvalue weighted by Crippen LogP contribution is -2.32. The molecule has 2 aliphatic heterocycles. The van der Waals surface area contributed by atoms with Gasteiger partial charge in [0.15, 0.2) is 11.5 Å². The van der Waals surface area contributed by atoms with Crippen molar-refractivity contribution in [2.75, 3.05) is 34.0 Å². The Morgan fingerprint density at radius 2 is 1.89 bits per heavy atom. The van der Waals surface area contributed by atoms with E-state index < -0.39 is 17.7 Å². The molecule has 1 saturated heterocycles. The summed E-state index contributed by atoms with van der Waals surface area (Å²) in [6.07, 6.45) is 1.64. The zero-order chi connectivity index (χ0) is 26.7. The van der Waals surface area contributed by atoms with E-state index in [-0.39, 0.29) is 30.6 Å². The Morgan fingerprint density at radius 3 is 2.59 bits per heavy atom. The molecule has 2 aromatic carbocycles. The van der Waals surface area contributed by atoms with Gasteiger partial charge in [-0.2, -0.15) is 0 Å². The van der Waals surface area contributed by atoms with Crippen molar-refractivity contribution in [1.29, 1.82) is 0 Å². The van der Waals surface area contributed by atoms with E-state index in [1.165, 1.54) is 12.0 Å². The first-order valence-electron chi connectivity index (χ1n) is 12.6. The lowest BCUT2D eigenvalue weighted by Gasteiger charge is -2.25. The molecule has 8 nitrogen and oxygen atoms in total. The van der Waals surface area contributed by atoms with E-state index >= 15 is 0 Å². The van der Waals surface area contributed by atoms with Crippen LogP contribution in [0.5, 0.6) is 17.2 Å². The molecule has 37 heavy (non-hydrogen) atoms. The molecule has 0 radical (unpaired) electrons. The Kier molecular flexibility index (Phi) is 8.07. The number of hydrogen-bond donors (Lipinski definition) is 1. The molecule has 0 bridgehead atoms. The molecule has 2 heterocycles. The van der Waals surface area contributed by atoms with Gasteiger partial charge in [0.05, 0.1) is 31.9 Å². The number of Topliss-reactive ketones (excluding diaryl/α,β-unsaturated/α-hetero) is 1. The number of ketones is 1. The van der Waals surface area contributed by atoms with Crippen molar-refractivity contribution in [3.05, 3.63) is 58.7 Å². The summed E-state index contributed by atoms with van der Waals surface area (Å²) in [5.74, 6) is 0.689. The van der Waals surface area contributed by atoms with Gasteiger partial charge < -0.3 is 29.0 Å². The molecule has 2 aliphatic rings. The number of hydrogen-bond acceptors (Lipinski definition) is 7. The molecule has 2 aromatic rings. The third kappa shape index (κ3) is 5.44. The van der Waals surface area contributed by atoms with Crippen molar-refractivity contribution in [3.63, 3.8) is 0 Å². The molecule has 1 amide bonds. The number of benzene rings is 2. The average molecular weight is 510 g/mol. The SMILES string of the molecule is COCCN1C(=O)C(=O)C(=C(O)c2ccc3c(c2)C[C@@H](C)O3)[C@@H]1c1ccc(OCCC(C)C)c(OC)c1. The smallest absolute Gasteiger partial charge is 0.295 e. The van der Waals surface area contributed by atoms with E-state index in [0.717, 1.165) is 17.7 Å². The summed E-state index contributed by atoms with van der Waals surface area (Å²) in [7, 11) is 3.08. The van der Waals surface area contributed by atoms with Crippen molar-refractivity contribution in [3.8, 4) is 17.2 Å². The molecular weight excluding hydrogens is 474 g/mol. The van der Waals surface area contributed by atoms with Crippen LogP contribution in [-0.4, -0.2) is 61.8 Å². The summed E-state index contributed by atoms with van der Waals surface area (Å²) >= 11 is 0. The topological polar surface area (TPSA) is 94.5 Å². The Labute approximate surface area is 217 Å². The number of fused-ring (bicyclic) bond motifs is 1. The predicted octanol–water partition coefficient (Wildman–Crippen LogP) is 4.51. The molecule has 0 aromatic heterocycles. The first-order chi connectivity index (χ1) is 17.7. The number of carbonyl (C=O) groups is 2. The quantitative estimate of drug-likeness (QED) is 0.286. The largest absolute Gasteiger partial charge is 0.507 e. The first kappa shape index (κ1) is 26.5. The zero-order valence-corrected chi connectivity index (χ0v) is 22.1. The monoisotopic (exact) mass is 509 g/mol. The standard InChI is InChI=1S/C29H35NO7/c1-17(2)10-12-36-23-9-6-19(16-24(23)35-5)26-25(28(32)29(33)30(26)11-13-34-4)27(31)20-7-8-22-21(15-20)14-18(3)37-22/h6-9,15-18,26,31H,10-14H2,1-5H3/t18-,26+/m1/s1. The number of methoxy groups -OCH3 is 2. The summed E-state index contributed by atoms with van der Waals surface area (Å²) in [5.41, 5.74) is 2.07. The molecule has 198 valence electrons. The van der Waals surface area contributed by atoms with Gasteiger partial charge in [-0.1, -0.05) is 19.9 Å². The highest BCUT2D eigenvalue weighted by Crippen LogP contribution is 2.42. The van der Waals surface area contributed by atoms with Gasteiger partial charge in [-0.15, -0.1) is 0 Å². The van der Waals surface area contributed by atoms with Crippen molar-refractivity contribution >= 4 is 17.4 Å². The lowest BCUT2D eigenvalue weighted by atomic mass is 9.94. The lowest BCUT2D eigenvalue weighted by molar-refractivity contribution is -0.140. The van der Waals surface area contributed by atoms with Gasteiger partial charge in [0.1, 0.15) is 17.6 Å². The number of ether oxygens (including phenoxy) is 4. The minimum atomic E-state index is -0.808. The third-order valence-electron chi connectivity index (χ3n) is 6.70. The molecule has 1 fully saturated rings. The summed E-state index contributed by atoms with van der Waals surface area (Å²) in [6, 6.07) is 9.84. The first-order valence-corrected chi connectivity index (χ1v) is 12.6. The van der Waals surface area contributed by atoms with Gasteiger partial charge in [0, 0.05) is 25.6 Å². The van der Waals surface area contributed by atoms with Crippen molar-refractivity contribution < 1.29 is 33.6 Å². The van der Waals surface area contributed by atoms with Gasteiger partial charge >= 0.3 is 0 Å². The summed E-state index contributed by atoms with van der Waals surface area (Å²) in [6.45, 7) is 7.20. The van der Waals surface area contributed by atoms with Crippen molar-refractivity contribution in [1.82, 2.24) is 4.90 Å². The van der Waals surface area contributed by atoms with Crippen LogP contribution in [0, 0.1) is 5.92 Å². The molecule has 8 heteroatoms. The van der Waals surface area contributed by atoms with Crippen LogP contribution in [0.3, 0.4) is 0 Å². The second-order valence-electron chi connectivity index (χ2n) is 9.88. The highest BCUT2D eigenvalue weighted by Gasteiger charge is 2.46. The minimum absolute atomic E-state index is 0.0311. The summed E-state index contributed by atoms with van der Waals surface area (Å²) in [5, 5.41) is 11.4. The van der Waals surface area contributed by atoms with Crippen LogP contribution >= 0.6 is 0 Å². The van der Waals surface area contributed by atoms with E-state index in [1.807, 2.05) is 13.0 Å². The van der Waals surface area contributed by atoms with Gasteiger partial charge in [0.25, 0.3) is 11.7 Å². The van der Waals surface area contributed by atoms with E-state index in [9.17, 15) is 14.7 Å². The molecule has 0 spiro atoms. The number of rotatable bonds is 10. The molecule has 0 unspecified atom stereocenters. The van der Waals surface area contributed by atoms with Crippen LogP contribution < -0.4 is 14.2 Å². The molecule has 0 saturated carbocycles. The Morgan fingerprint density at radius 1 is 1.11 bits per heavy atom. The predicted molar refractivity (Wildman–Crippen MR) is 139 cm³/mol. The molecule has 0 aliphatic carbocycles. The van der Waals surface area contributed by atoms with Crippen LogP contribution in [0.2, 0.25) is 0 Å². The normalized spacial score (nSPS) is 20.3. The fourth-order valence-electron chi connectivity index (χ4n) is 4.75. The summed E-state index contributed by atoms with van der Waals surface area (Å²) in [4.78, 5) is 27.8. The molecular formula is C29H35NO7. The maximum atomic E-state index is 13.3. The van der Waals surface area contributed by atoms with E-state index in [1.54, 1.807) is 37.4 Å². The van der Waals surface area contributed by atoms with E-state index in [2.05, 4.69) is 13.8 Å². The van der Waals surface area contributed by atoms with Crippen LogP contribution in [0.25, 0.3) is 5.76 Å². The van der Waals surface area contributed by atoms with Crippen LogP contribution in [0.4, 0.5) is 0 Å². The van der Waals surface area contributed by atoms with Gasteiger partial charge in [-0.05, 0) is 60.7 Å². The van der Waals surface area contributed by atoms with Crippen molar-refractivity contribution in [2.45, 2.75) is 45.8 Å². The van der Waals surface area contributed by atoms with Crippen LogP contribution in [0.15, 0.2) is 42.0 Å². The summed E-state index contributed by atoms with van der Waals surface area (Å²) < 4.78 is 22.5.